The number of nitrogens with two attached hydrogens (primary N) is 1. The molecule has 0 saturated carbocycles. The second kappa shape index (κ2) is 12.1. The average molecular weight is 405 g/mol. The molecule has 1 atom stereocenters. The van der Waals surface area contributed by atoms with Crippen molar-refractivity contribution in [2.24, 2.45) is 5.73 Å². The molecule has 0 aliphatic carbocycles. The van der Waals surface area contributed by atoms with Gasteiger partial charge in [-0.2, -0.15) is 0 Å². The van der Waals surface area contributed by atoms with Gasteiger partial charge in [-0.1, -0.05) is 0 Å². The molecule has 8 heteroatoms. The number of carbonyl (C=O) groups is 2. The van der Waals surface area contributed by atoms with E-state index in [4.69, 9.17) is 5.73 Å². The summed E-state index contributed by atoms with van der Waals surface area (Å²) in [6, 6.07) is 7.34. The van der Waals surface area contributed by atoms with Gasteiger partial charge in [0.25, 0.3) is 5.91 Å². The molecule has 1 unspecified atom stereocenters. The molecular weight excluding hydrogens is 375 g/mol. The highest BCUT2D eigenvalue weighted by atomic mass is 35.5. The Morgan fingerprint density at radius 3 is 2.50 bits per heavy atom. The van der Waals surface area contributed by atoms with Gasteiger partial charge in [-0.05, 0) is 63.7 Å². The minimum Gasteiger partial charge on any atom is -0.337 e. The van der Waals surface area contributed by atoms with Crippen LogP contribution in [-0.4, -0.2) is 61.4 Å². The van der Waals surface area contributed by atoms with Gasteiger partial charge in [0.2, 0.25) is 5.91 Å². The van der Waals surface area contributed by atoms with E-state index in [9.17, 15) is 9.59 Å². The van der Waals surface area contributed by atoms with Gasteiger partial charge in [-0.25, -0.2) is 0 Å². The minimum absolute atomic E-state index is 0. The second-order valence-corrected chi connectivity index (χ2v) is 6.49. The summed E-state index contributed by atoms with van der Waals surface area (Å²) >= 11 is 0. The third-order valence-corrected chi connectivity index (χ3v) is 4.49. The molecule has 2 rings (SSSR count). The highest BCUT2D eigenvalue weighted by Crippen LogP contribution is 2.17. The number of halogens is 2. The van der Waals surface area contributed by atoms with Gasteiger partial charge in [0.05, 0.1) is 0 Å². The molecule has 1 aliphatic heterocycles. The summed E-state index contributed by atoms with van der Waals surface area (Å²) in [5.41, 5.74) is 6.74. The molecule has 148 valence electrons. The summed E-state index contributed by atoms with van der Waals surface area (Å²) in [6.07, 6.45) is 3.24. The summed E-state index contributed by atoms with van der Waals surface area (Å²) in [4.78, 5) is 28.4. The first-order valence-electron chi connectivity index (χ1n) is 8.57. The van der Waals surface area contributed by atoms with Crippen molar-refractivity contribution in [3.8, 4) is 0 Å². The lowest BCUT2D eigenvalue weighted by molar-refractivity contribution is -0.116. The SMILES string of the molecule is CN1CCCC(N(C)C(=O)c2ccc(NC(=O)CCCN)cc2)C1.Cl.Cl. The number of anilines is 1. The van der Waals surface area contributed by atoms with E-state index in [2.05, 4.69) is 17.3 Å². The second-order valence-electron chi connectivity index (χ2n) is 6.49. The van der Waals surface area contributed by atoms with Crippen molar-refractivity contribution < 1.29 is 9.59 Å². The number of benzene rings is 1. The molecular formula is C18H30Cl2N4O2. The van der Waals surface area contributed by atoms with Crippen molar-refractivity contribution in [1.82, 2.24) is 9.80 Å². The number of likely N-dealkylation sites (tertiary alicyclic amines) is 1. The van der Waals surface area contributed by atoms with Crippen LogP contribution in [0.25, 0.3) is 0 Å². The summed E-state index contributed by atoms with van der Waals surface area (Å²) in [5, 5.41) is 2.82. The van der Waals surface area contributed by atoms with Crippen molar-refractivity contribution in [2.45, 2.75) is 31.7 Å². The molecule has 6 nitrogen and oxygen atoms in total. The first-order valence-corrected chi connectivity index (χ1v) is 8.57. The summed E-state index contributed by atoms with van der Waals surface area (Å²) in [6.45, 7) is 2.51. The Bertz CT molecular complexity index is 569. The summed E-state index contributed by atoms with van der Waals surface area (Å²) in [7, 11) is 3.96. The molecule has 1 aromatic carbocycles. The number of nitrogens with zero attached hydrogens (tertiary/aromatic N) is 2. The molecule has 2 amide bonds. The number of piperidine rings is 1. The van der Waals surface area contributed by atoms with Gasteiger partial charge in [-0.3, -0.25) is 9.59 Å². The lowest BCUT2D eigenvalue weighted by Crippen LogP contribution is -2.47. The Morgan fingerprint density at radius 1 is 1.27 bits per heavy atom. The van der Waals surface area contributed by atoms with Crippen LogP contribution in [0.1, 0.15) is 36.0 Å². The van der Waals surface area contributed by atoms with Crippen LogP contribution >= 0.6 is 24.8 Å². The maximum absolute atomic E-state index is 12.6. The summed E-state index contributed by atoms with van der Waals surface area (Å²) < 4.78 is 0. The Kier molecular flexibility index (Phi) is 11.5. The Hall–Kier alpha value is -1.34. The molecule has 0 radical (unpaired) electrons. The molecule has 0 bridgehead atoms. The molecule has 0 spiro atoms. The number of carbonyl (C=O) groups excluding carboxylic acids is 2. The van der Waals surface area contributed by atoms with Crippen molar-refractivity contribution in [3.05, 3.63) is 29.8 Å². The fourth-order valence-electron chi connectivity index (χ4n) is 3.01. The van der Waals surface area contributed by atoms with Gasteiger partial charge < -0.3 is 20.9 Å². The van der Waals surface area contributed by atoms with Crippen LogP contribution in [-0.2, 0) is 4.79 Å². The number of nitrogens with one attached hydrogen (secondary N) is 1. The van der Waals surface area contributed by atoms with Crippen molar-refractivity contribution in [3.63, 3.8) is 0 Å². The zero-order chi connectivity index (χ0) is 17.5. The normalized spacial score (nSPS) is 16.8. The zero-order valence-corrected chi connectivity index (χ0v) is 17.1. The average Bonchev–Trinajstić information content (AvgIpc) is 2.59. The van der Waals surface area contributed by atoms with E-state index < -0.39 is 0 Å². The number of hydrogen-bond donors (Lipinski definition) is 2. The van der Waals surface area contributed by atoms with Crippen LogP contribution < -0.4 is 11.1 Å². The Labute approximate surface area is 168 Å². The third-order valence-electron chi connectivity index (χ3n) is 4.49. The molecule has 1 aliphatic rings. The Morgan fingerprint density at radius 2 is 1.92 bits per heavy atom. The van der Waals surface area contributed by atoms with Crippen molar-refractivity contribution in [2.75, 3.05) is 39.0 Å². The monoisotopic (exact) mass is 404 g/mol. The van der Waals surface area contributed by atoms with Crippen molar-refractivity contribution >= 4 is 42.3 Å². The molecule has 1 saturated heterocycles. The van der Waals surface area contributed by atoms with Crippen LogP contribution in [0.15, 0.2) is 24.3 Å². The molecule has 1 heterocycles. The summed E-state index contributed by atoms with van der Waals surface area (Å²) in [5.74, 6) is -0.0294. The zero-order valence-electron chi connectivity index (χ0n) is 15.4. The van der Waals surface area contributed by atoms with E-state index >= 15 is 0 Å². The smallest absolute Gasteiger partial charge is 0.253 e. The molecule has 1 fully saturated rings. The maximum Gasteiger partial charge on any atom is 0.253 e. The van der Waals surface area contributed by atoms with Gasteiger partial charge in [0, 0.05) is 37.3 Å². The molecule has 3 N–H and O–H groups in total. The highest BCUT2D eigenvalue weighted by Gasteiger charge is 2.25. The van der Waals surface area contributed by atoms with E-state index in [0.717, 1.165) is 25.9 Å². The van der Waals surface area contributed by atoms with E-state index in [1.165, 1.54) is 0 Å². The number of rotatable bonds is 6. The third kappa shape index (κ3) is 7.11. The van der Waals surface area contributed by atoms with Crippen LogP contribution in [0.2, 0.25) is 0 Å². The van der Waals surface area contributed by atoms with Crippen LogP contribution in [0.5, 0.6) is 0 Å². The number of likely N-dealkylation sites (N-methyl/N-ethyl adjacent to an activating group) is 2. The highest BCUT2D eigenvalue weighted by molar-refractivity contribution is 5.95. The quantitative estimate of drug-likeness (QED) is 0.762. The van der Waals surface area contributed by atoms with Crippen LogP contribution in [0.4, 0.5) is 5.69 Å². The fraction of sp³-hybridized carbons (Fsp3) is 0.556. The standard InChI is InChI=1S/C18H28N4O2.2ClH/c1-21-12-4-5-16(13-21)22(2)18(24)14-7-9-15(10-8-14)20-17(23)6-3-11-19;;/h7-10,16H,3-6,11-13,19H2,1-2H3,(H,20,23);2*1H. The van der Waals surface area contributed by atoms with Gasteiger partial charge in [0.1, 0.15) is 0 Å². The van der Waals surface area contributed by atoms with Gasteiger partial charge in [0.15, 0.2) is 0 Å². The van der Waals surface area contributed by atoms with Gasteiger partial charge >= 0.3 is 0 Å². The van der Waals surface area contributed by atoms with Gasteiger partial charge in [-0.15, -0.1) is 24.8 Å². The molecule has 1 aromatic rings. The lowest BCUT2D eigenvalue weighted by Gasteiger charge is -2.35. The van der Waals surface area contributed by atoms with Crippen LogP contribution in [0.3, 0.4) is 0 Å². The first kappa shape index (κ1) is 24.7. The van der Waals surface area contributed by atoms with E-state index in [1.807, 2.05) is 11.9 Å². The largest absolute Gasteiger partial charge is 0.337 e. The fourth-order valence-corrected chi connectivity index (χ4v) is 3.01. The topological polar surface area (TPSA) is 78.7 Å². The number of hydrogen-bond acceptors (Lipinski definition) is 4. The van der Waals surface area contributed by atoms with E-state index in [1.54, 1.807) is 24.3 Å². The van der Waals surface area contributed by atoms with E-state index in [-0.39, 0.29) is 42.7 Å². The minimum atomic E-state index is -0.0538. The van der Waals surface area contributed by atoms with E-state index in [0.29, 0.717) is 30.6 Å². The first-order chi connectivity index (χ1) is 11.5. The predicted molar refractivity (Wildman–Crippen MR) is 110 cm³/mol. The van der Waals surface area contributed by atoms with Crippen LogP contribution in [0, 0.1) is 0 Å². The Balaban J connectivity index is 0.00000312. The number of amides is 2. The maximum atomic E-state index is 12.6. The molecule has 0 aromatic heterocycles. The van der Waals surface area contributed by atoms with Crippen molar-refractivity contribution in [1.29, 1.82) is 0 Å². The molecule has 26 heavy (non-hydrogen) atoms. The lowest BCUT2D eigenvalue weighted by atomic mass is 10.0. The predicted octanol–water partition coefficient (Wildman–Crippen LogP) is 2.37.